The molecule has 0 aliphatic carbocycles. The Hall–Kier alpha value is -2.23. The third-order valence-electron chi connectivity index (χ3n) is 2.66. The van der Waals surface area contributed by atoms with Crippen molar-refractivity contribution in [1.29, 1.82) is 0 Å². The van der Waals surface area contributed by atoms with E-state index >= 15 is 0 Å². The molecule has 0 saturated carbocycles. The molecule has 1 aromatic heterocycles. The average molecular weight is 245 g/mol. The predicted octanol–water partition coefficient (Wildman–Crippen LogP) is 3.15. The molecule has 4 heteroatoms. The summed E-state index contributed by atoms with van der Waals surface area (Å²) in [6, 6.07) is 9.18. The molecule has 0 aliphatic rings. The lowest BCUT2D eigenvalue weighted by Crippen LogP contribution is -2.04. The molecular formula is C14H12FNO2. The molecule has 18 heavy (non-hydrogen) atoms. The summed E-state index contributed by atoms with van der Waals surface area (Å²) in [6.45, 7) is 1.84. The zero-order valence-corrected chi connectivity index (χ0v) is 9.85. The molecule has 0 atom stereocenters. The first-order chi connectivity index (χ1) is 8.61. The standard InChI is InChI=1S/C14H12FNO2/c1-2-12-11(14(17)18)6-7-13(16-12)9-4-3-5-10(15)8-9/h3-8H,2H2,1H3,(H,17,18). The van der Waals surface area contributed by atoms with E-state index in [1.165, 1.54) is 18.2 Å². The fourth-order valence-electron chi connectivity index (χ4n) is 1.77. The second kappa shape index (κ2) is 4.96. The van der Waals surface area contributed by atoms with Crippen molar-refractivity contribution in [2.45, 2.75) is 13.3 Å². The van der Waals surface area contributed by atoms with E-state index in [4.69, 9.17) is 5.11 Å². The molecule has 0 unspecified atom stereocenters. The molecule has 0 aliphatic heterocycles. The second-order valence-electron chi connectivity index (χ2n) is 3.86. The number of aromatic nitrogens is 1. The summed E-state index contributed by atoms with van der Waals surface area (Å²) >= 11 is 0. The number of carboxylic acids is 1. The Balaban J connectivity index is 2.51. The second-order valence-corrected chi connectivity index (χ2v) is 3.86. The zero-order chi connectivity index (χ0) is 13.1. The first-order valence-electron chi connectivity index (χ1n) is 5.61. The fraction of sp³-hybridized carbons (Fsp3) is 0.143. The van der Waals surface area contributed by atoms with Crippen molar-refractivity contribution in [3.05, 3.63) is 53.5 Å². The first kappa shape index (κ1) is 12.2. The molecule has 0 amide bonds. The molecule has 2 rings (SSSR count). The third-order valence-corrected chi connectivity index (χ3v) is 2.66. The normalized spacial score (nSPS) is 10.3. The molecular weight excluding hydrogens is 233 g/mol. The van der Waals surface area contributed by atoms with Gasteiger partial charge in [0.1, 0.15) is 5.82 Å². The van der Waals surface area contributed by atoms with Crippen molar-refractivity contribution >= 4 is 5.97 Å². The van der Waals surface area contributed by atoms with E-state index in [1.54, 1.807) is 18.2 Å². The summed E-state index contributed by atoms with van der Waals surface area (Å²) in [7, 11) is 0. The molecule has 0 bridgehead atoms. The maximum Gasteiger partial charge on any atom is 0.337 e. The van der Waals surface area contributed by atoms with Crippen molar-refractivity contribution in [3.8, 4) is 11.3 Å². The van der Waals surface area contributed by atoms with Gasteiger partial charge in [0.25, 0.3) is 0 Å². The Bertz CT molecular complexity index is 596. The Labute approximate surface area is 104 Å². The minimum atomic E-state index is -0.995. The summed E-state index contributed by atoms with van der Waals surface area (Å²) in [5.41, 5.74) is 1.92. The predicted molar refractivity (Wildman–Crippen MR) is 66.0 cm³/mol. The first-order valence-corrected chi connectivity index (χ1v) is 5.61. The third kappa shape index (κ3) is 2.37. The summed E-state index contributed by atoms with van der Waals surface area (Å²) in [4.78, 5) is 15.3. The van der Waals surface area contributed by atoms with E-state index < -0.39 is 5.97 Å². The lowest BCUT2D eigenvalue weighted by Gasteiger charge is -2.06. The quantitative estimate of drug-likeness (QED) is 0.903. The minimum absolute atomic E-state index is 0.192. The topological polar surface area (TPSA) is 50.2 Å². The number of hydrogen-bond donors (Lipinski definition) is 1. The van der Waals surface area contributed by atoms with Gasteiger partial charge in [0, 0.05) is 5.56 Å². The highest BCUT2D eigenvalue weighted by molar-refractivity contribution is 5.89. The highest BCUT2D eigenvalue weighted by atomic mass is 19.1. The van der Waals surface area contributed by atoms with Gasteiger partial charge in [-0.15, -0.1) is 0 Å². The highest BCUT2D eigenvalue weighted by Gasteiger charge is 2.11. The van der Waals surface area contributed by atoms with E-state index in [-0.39, 0.29) is 11.4 Å². The van der Waals surface area contributed by atoms with Gasteiger partial charge in [-0.2, -0.15) is 0 Å². The monoisotopic (exact) mass is 245 g/mol. The number of hydrogen-bond acceptors (Lipinski definition) is 2. The van der Waals surface area contributed by atoms with Crippen LogP contribution in [-0.2, 0) is 6.42 Å². The lowest BCUT2D eigenvalue weighted by atomic mass is 10.1. The van der Waals surface area contributed by atoms with Gasteiger partial charge in [-0.05, 0) is 30.7 Å². The maximum atomic E-state index is 13.1. The Morgan fingerprint density at radius 1 is 1.33 bits per heavy atom. The maximum absolute atomic E-state index is 13.1. The van der Waals surface area contributed by atoms with Gasteiger partial charge in [-0.25, -0.2) is 9.18 Å². The van der Waals surface area contributed by atoms with Gasteiger partial charge in [0.05, 0.1) is 17.0 Å². The zero-order valence-electron chi connectivity index (χ0n) is 9.85. The SMILES string of the molecule is CCc1nc(-c2cccc(F)c2)ccc1C(=O)O. The van der Waals surface area contributed by atoms with E-state index in [1.807, 2.05) is 6.92 Å². The van der Waals surface area contributed by atoms with E-state index in [2.05, 4.69) is 4.98 Å². The van der Waals surface area contributed by atoms with Crippen LogP contribution in [0.15, 0.2) is 36.4 Å². The van der Waals surface area contributed by atoms with Crippen LogP contribution in [0.1, 0.15) is 23.0 Å². The number of halogens is 1. The summed E-state index contributed by atoms with van der Waals surface area (Å²) in [6.07, 6.45) is 0.519. The molecule has 0 saturated heterocycles. The number of carbonyl (C=O) groups is 1. The summed E-state index contributed by atoms with van der Waals surface area (Å²) in [5.74, 6) is -1.33. The Kier molecular flexibility index (Phi) is 3.37. The van der Waals surface area contributed by atoms with Gasteiger partial charge in [0.2, 0.25) is 0 Å². The van der Waals surface area contributed by atoms with Crippen LogP contribution in [0.5, 0.6) is 0 Å². The fourth-order valence-corrected chi connectivity index (χ4v) is 1.77. The Morgan fingerprint density at radius 2 is 2.11 bits per heavy atom. The van der Waals surface area contributed by atoms with Crippen LogP contribution in [0.2, 0.25) is 0 Å². The van der Waals surface area contributed by atoms with Crippen LogP contribution in [0, 0.1) is 5.82 Å². The van der Waals surface area contributed by atoms with Crippen molar-refractivity contribution in [3.63, 3.8) is 0 Å². The summed E-state index contributed by atoms with van der Waals surface area (Å²) < 4.78 is 13.1. The number of nitrogens with zero attached hydrogens (tertiary/aromatic N) is 1. The van der Waals surface area contributed by atoms with Gasteiger partial charge in [0.15, 0.2) is 0 Å². The number of benzene rings is 1. The van der Waals surface area contributed by atoms with Crippen molar-refractivity contribution in [1.82, 2.24) is 4.98 Å². The van der Waals surface area contributed by atoms with Crippen LogP contribution < -0.4 is 0 Å². The molecule has 1 aromatic carbocycles. The van der Waals surface area contributed by atoms with Gasteiger partial charge < -0.3 is 5.11 Å². The van der Waals surface area contributed by atoms with E-state index in [0.29, 0.717) is 23.4 Å². The van der Waals surface area contributed by atoms with Crippen LogP contribution >= 0.6 is 0 Å². The number of aryl methyl sites for hydroxylation is 1. The summed E-state index contributed by atoms with van der Waals surface area (Å²) in [5, 5.41) is 9.00. The van der Waals surface area contributed by atoms with Crippen LogP contribution in [0.25, 0.3) is 11.3 Å². The minimum Gasteiger partial charge on any atom is -0.478 e. The van der Waals surface area contributed by atoms with Crippen molar-refractivity contribution in [2.75, 3.05) is 0 Å². The van der Waals surface area contributed by atoms with Gasteiger partial charge >= 0.3 is 5.97 Å². The molecule has 1 N–H and O–H groups in total. The number of rotatable bonds is 3. The molecule has 2 aromatic rings. The molecule has 0 spiro atoms. The van der Waals surface area contributed by atoms with E-state index in [9.17, 15) is 9.18 Å². The van der Waals surface area contributed by atoms with Gasteiger partial charge in [-0.1, -0.05) is 19.1 Å². The molecule has 1 heterocycles. The molecule has 0 radical (unpaired) electrons. The molecule has 92 valence electrons. The number of carboxylic acid groups (broad SMARTS) is 1. The van der Waals surface area contributed by atoms with Crippen molar-refractivity contribution in [2.24, 2.45) is 0 Å². The number of aromatic carboxylic acids is 1. The molecule has 0 fully saturated rings. The average Bonchev–Trinajstić information content (AvgIpc) is 2.37. The van der Waals surface area contributed by atoms with Crippen LogP contribution in [0.4, 0.5) is 4.39 Å². The Morgan fingerprint density at radius 3 is 2.72 bits per heavy atom. The van der Waals surface area contributed by atoms with Gasteiger partial charge in [-0.3, -0.25) is 4.98 Å². The molecule has 3 nitrogen and oxygen atoms in total. The van der Waals surface area contributed by atoms with Crippen molar-refractivity contribution < 1.29 is 14.3 Å². The smallest absolute Gasteiger partial charge is 0.337 e. The van der Waals surface area contributed by atoms with E-state index in [0.717, 1.165) is 0 Å². The number of pyridine rings is 1. The lowest BCUT2D eigenvalue weighted by molar-refractivity contribution is 0.0695. The highest BCUT2D eigenvalue weighted by Crippen LogP contribution is 2.20. The van der Waals surface area contributed by atoms with Crippen LogP contribution in [0.3, 0.4) is 0 Å². The largest absolute Gasteiger partial charge is 0.478 e. The van der Waals surface area contributed by atoms with Crippen LogP contribution in [-0.4, -0.2) is 16.1 Å².